The standard InChI is InChI=1S/C20H23BrN2O3S/c21-16-11-13-19(14-12-16)27(25,26)23(18-9-5-2-6-10-18)15-20(24)22-17-7-3-1-4-8-17/h1,3-4,7-8,11-14,18H,2,5-6,9-10,15H2,(H,22,24). The summed E-state index contributed by atoms with van der Waals surface area (Å²) in [4.78, 5) is 12.8. The van der Waals surface area contributed by atoms with Gasteiger partial charge in [-0.05, 0) is 49.2 Å². The number of anilines is 1. The zero-order valence-electron chi connectivity index (χ0n) is 15.0. The first kappa shape index (κ1) is 20.0. The van der Waals surface area contributed by atoms with Gasteiger partial charge in [-0.3, -0.25) is 4.79 Å². The van der Waals surface area contributed by atoms with Gasteiger partial charge in [0.25, 0.3) is 0 Å². The highest BCUT2D eigenvalue weighted by Crippen LogP contribution is 2.28. The van der Waals surface area contributed by atoms with Gasteiger partial charge in [-0.2, -0.15) is 4.31 Å². The molecule has 1 N–H and O–H groups in total. The topological polar surface area (TPSA) is 66.5 Å². The van der Waals surface area contributed by atoms with Gasteiger partial charge in [0.2, 0.25) is 15.9 Å². The van der Waals surface area contributed by atoms with E-state index in [0.717, 1.165) is 36.6 Å². The molecule has 0 heterocycles. The van der Waals surface area contributed by atoms with Gasteiger partial charge in [0, 0.05) is 16.2 Å². The van der Waals surface area contributed by atoms with Crippen LogP contribution in [-0.4, -0.2) is 31.2 Å². The molecule has 0 aromatic heterocycles. The highest BCUT2D eigenvalue weighted by molar-refractivity contribution is 9.10. The van der Waals surface area contributed by atoms with Crippen LogP contribution >= 0.6 is 15.9 Å². The zero-order chi connectivity index (χ0) is 19.3. The summed E-state index contributed by atoms with van der Waals surface area (Å²) in [5.74, 6) is -0.326. The van der Waals surface area contributed by atoms with Crippen LogP contribution in [0.3, 0.4) is 0 Å². The van der Waals surface area contributed by atoms with Crippen molar-refractivity contribution in [2.75, 3.05) is 11.9 Å². The van der Waals surface area contributed by atoms with Crippen LogP contribution in [-0.2, 0) is 14.8 Å². The van der Waals surface area contributed by atoms with E-state index in [1.54, 1.807) is 36.4 Å². The Hall–Kier alpha value is -1.70. The number of halogens is 1. The van der Waals surface area contributed by atoms with E-state index in [9.17, 15) is 13.2 Å². The van der Waals surface area contributed by atoms with Crippen LogP contribution in [0.1, 0.15) is 32.1 Å². The largest absolute Gasteiger partial charge is 0.325 e. The summed E-state index contributed by atoms with van der Waals surface area (Å²) in [6.45, 7) is -0.183. The average Bonchev–Trinajstić information content (AvgIpc) is 2.68. The van der Waals surface area contributed by atoms with E-state index in [-0.39, 0.29) is 23.4 Å². The van der Waals surface area contributed by atoms with Crippen LogP contribution in [0.5, 0.6) is 0 Å². The fraction of sp³-hybridized carbons (Fsp3) is 0.350. The predicted molar refractivity (Wildman–Crippen MR) is 110 cm³/mol. The van der Waals surface area contributed by atoms with Gasteiger partial charge in [0.1, 0.15) is 0 Å². The number of carbonyl (C=O) groups is 1. The van der Waals surface area contributed by atoms with Crippen molar-refractivity contribution in [1.82, 2.24) is 4.31 Å². The minimum Gasteiger partial charge on any atom is -0.325 e. The zero-order valence-corrected chi connectivity index (χ0v) is 17.4. The van der Waals surface area contributed by atoms with Gasteiger partial charge >= 0.3 is 0 Å². The predicted octanol–water partition coefficient (Wildman–Crippen LogP) is 4.41. The summed E-state index contributed by atoms with van der Waals surface area (Å²) < 4.78 is 28.7. The van der Waals surface area contributed by atoms with E-state index >= 15 is 0 Å². The van der Waals surface area contributed by atoms with E-state index in [1.807, 2.05) is 18.2 Å². The van der Waals surface area contributed by atoms with Crippen molar-refractivity contribution in [3.8, 4) is 0 Å². The number of benzene rings is 2. The first-order valence-corrected chi connectivity index (χ1v) is 11.3. The van der Waals surface area contributed by atoms with E-state index in [0.29, 0.717) is 5.69 Å². The SMILES string of the molecule is O=C(CN(C1CCCCC1)S(=O)(=O)c1ccc(Br)cc1)Nc1ccccc1. The average molecular weight is 451 g/mol. The molecule has 144 valence electrons. The Kier molecular flexibility index (Phi) is 6.68. The van der Waals surface area contributed by atoms with Crippen LogP contribution in [0.4, 0.5) is 5.69 Å². The van der Waals surface area contributed by atoms with Crippen molar-refractivity contribution in [3.05, 3.63) is 59.1 Å². The monoisotopic (exact) mass is 450 g/mol. The van der Waals surface area contributed by atoms with Gasteiger partial charge in [-0.25, -0.2) is 8.42 Å². The van der Waals surface area contributed by atoms with Gasteiger partial charge in [0.15, 0.2) is 0 Å². The third-order valence-electron chi connectivity index (χ3n) is 4.76. The van der Waals surface area contributed by atoms with Crippen LogP contribution in [0.25, 0.3) is 0 Å². The third-order valence-corrected chi connectivity index (χ3v) is 7.20. The molecule has 0 radical (unpaired) electrons. The van der Waals surface area contributed by atoms with Gasteiger partial charge in [-0.15, -0.1) is 0 Å². The first-order chi connectivity index (χ1) is 13.0. The molecule has 27 heavy (non-hydrogen) atoms. The molecule has 7 heteroatoms. The summed E-state index contributed by atoms with van der Waals surface area (Å²) in [5.41, 5.74) is 0.659. The maximum atomic E-state index is 13.3. The number of para-hydroxylation sites is 1. The molecule has 1 saturated carbocycles. The maximum Gasteiger partial charge on any atom is 0.243 e. The Labute approximate surface area is 169 Å². The van der Waals surface area contributed by atoms with E-state index in [1.165, 1.54) is 4.31 Å². The Balaban J connectivity index is 1.84. The minimum absolute atomic E-state index is 0.145. The molecule has 1 fully saturated rings. The lowest BCUT2D eigenvalue weighted by Crippen LogP contribution is -2.45. The van der Waals surface area contributed by atoms with E-state index in [2.05, 4.69) is 21.2 Å². The maximum absolute atomic E-state index is 13.3. The van der Waals surface area contributed by atoms with Crippen LogP contribution in [0.15, 0.2) is 64.0 Å². The molecule has 1 aliphatic carbocycles. The number of carbonyl (C=O) groups excluding carboxylic acids is 1. The van der Waals surface area contributed by atoms with Gasteiger partial charge in [-0.1, -0.05) is 53.4 Å². The van der Waals surface area contributed by atoms with Crippen molar-refractivity contribution in [2.24, 2.45) is 0 Å². The quantitative estimate of drug-likeness (QED) is 0.708. The lowest BCUT2D eigenvalue weighted by Gasteiger charge is -2.33. The number of nitrogens with zero attached hydrogens (tertiary/aromatic N) is 1. The van der Waals surface area contributed by atoms with Crippen LogP contribution in [0, 0.1) is 0 Å². The summed E-state index contributed by atoms with van der Waals surface area (Å²) >= 11 is 3.33. The molecule has 0 bridgehead atoms. The summed E-state index contributed by atoms with van der Waals surface area (Å²) in [6.07, 6.45) is 4.65. The molecule has 0 spiro atoms. The number of hydrogen-bond donors (Lipinski definition) is 1. The molecule has 5 nitrogen and oxygen atoms in total. The Bertz CT molecular complexity index is 864. The van der Waals surface area contributed by atoms with Crippen molar-refractivity contribution in [3.63, 3.8) is 0 Å². The van der Waals surface area contributed by atoms with Crippen molar-refractivity contribution < 1.29 is 13.2 Å². The first-order valence-electron chi connectivity index (χ1n) is 9.09. The molecule has 2 aromatic rings. The lowest BCUT2D eigenvalue weighted by molar-refractivity contribution is -0.116. The van der Waals surface area contributed by atoms with E-state index in [4.69, 9.17) is 0 Å². The smallest absolute Gasteiger partial charge is 0.243 e. The lowest BCUT2D eigenvalue weighted by atomic mass is 9.95. The van der Waals surface area contributed by atoms with Crippen molar-refractivity contribution in [2.45, 2.75) is 43.0 Å². The normalized spacial score (nSPS) is 15.6. The Morgan fingerprint density at radius 1 is 1.00 bits per heavy atom. The molecular formula is C20H23BrN2O3S. The molecule has 1 aliphatic rings. The number of rotatable bonds is 6. The number of nitrogens with one attached hydrogen (secondary N) is 1. The minimum atomic E-state index is -3.75. The molecule has 0 saturated heterocycles. The summed E-state index contributed by atoms with van der Waals surface area (Å²) in [7, 11) is -3.75. The second kappa shape index (κ2) is 8.99. The van der Waals surface area contributed by atoms with Gasteiger partial charge < -0.3 is 5.32 Å². The molecule has 0 aliphatic heterocycles. The number of sulfonamides is 1. The Morgan fingerprint density at radius 3 is 2.26 bits per heavy atom. The molecule has 0 unspecified atom stereocenters. The number of hydrogen-bond acceptors (Lipinski definition) is 3. The number of amides is 1. The van der Waals surface area contributed by atoms with Crippen molar-refractivity contribution in [1.29, 1.82) is 0 Å². The second-order valence-corrected chi connectivity index (χ2v) is 9.52. The Morgan fingerprint density at radius 2 is 1.63 bits per heavy atom. The molecule has 2 aromatic carbocycles. The molecule has 0 atom stereocenters. The third kappa shape index (κ3) is 5.18. The van der Waals surface area contributed by atoms with Crippen LogP contribution < -0.4 is 5.32 Å². The van der Waals surface area contributed by atoms with Crippen molar-refractivity contribution >= 4 is 37.5 Å². The fourth-order valence-corrected chi connectivity index (χ4v) is 5.29. The highest BCUT2D eigenvalue weighted by atomic mass is 79.9. The molecular weight excluding hydrogens is 428 g/mol. The van der Waals surface area contributed by atoms with Gasteiger partial charge in [0.05, 0.1) is 11.4 Å². The highest BCUT2D eigenvalue weighted by Gasteiger charge is 2.33. The van der Waals surface area contributed by atoms with E-state index < -0.39 is 10.0 Å². The molecule has 1 amide bonds. The molecule has 3 rings (SSSR count). The summed E-state index contributed by atoms with van der Waals surface area (Å²) in [5, 5.41) is 2.79. The fourth-order valence-electron chi connectivity index (χ4n) is 3.38. The second-order valence-electron chi connectivity index (χ2n) is 6.71. The summed E-state index contributed by atoms with van der Waals surface area (Å²) in [6, 6.07) is 15.5. The van der Waals surface area contributed by atoms with Crippen LogP contribution in [0.2, 0.25) is 0 Å².